The molecule has 1 unspecified atom stereocenters. The maximum Gasteiger partial charge on any atom is 0.461 e. The third-order valence-electron chi connectivity index (χ3n) is 8.41. The average Bonchev–Trinajstić information content (AvgIpc) is 2.94. The summed E-state index contributed by atoms with van der Waals surface area (Å²) in [6.07, 6.45) is 11.2. The third kappa shape index (κ3) is 5.07. The molecule has 3 fully saturated rings. The fourth-order valence-corrected chi connectivity index (χ4v) is 4.99. The highest BCUT2D eigenvalue weighted by Gasteiger charge is 2.55. The van der Waals surface area contributed by atoms with Crippen LogP contribution in [0.15, 0.2) is 0 Å². The van der Waals surface area contributed by atoms with Crippen LogP contribution in [0.5, 0.6) is 0 Å². The molecule has 4 nitrogen and oxygen atoms in total. The van der Waals surface area contributed by atoms with Crippen molar-refractivity contribution in [3.8, 4) is 0 Å². The predicted octanol–water partition coefficient (Wildman–Crippen LogP) is 6.29. The molecule has 3 aliphatic rings. The van der Waals surface area contributed by atoms with Crippen LogP contribution in [0.3, 0.4) is 0 Å². The first-order chi connectivity index (χ1) is 13.3. The number of unbranched alkanes of at least 4 members (excludes halogenated alkanes) is 1. The van der Waals surface area contributed by atoms with Crippen molar-refractivity contribution < 1.29 is 18.6 Å². The highest BCUT2D eigenvalue weighted by atomic mass is 16.7. The van der Waals surface area contributed by atoms with Crippen molar-refractivity contribution in [1.29, 1.82) is 0 Å². The van der Waals surface area contributed by atoms with Crippen molar-refractivity contribution in [2.24, 2.45) is 5.92 Å². The third-order valence-corrected chi connectivity index (χ3v) is 8.41. The first kappa shape index (κ1) is 23.6. The molecule has 1 aliphatic carbocycles. The van der Waals surface area contributed by atoms with Gasteiger partial charge in [0.15, 0.2) is 0 Å². The van der Waals surface area contributed by atoms with Crippen molar-refractivity contribution in [1.82, 2.24) is 0 Å². The highest BCUT2D eigenvalue weighted by molar-refractivity contribution is 6.47. The Morgan fingerprint density at radius 2 is 1.17 bits per heavy atom. The fourth-order valence-electron chi connectivity index (χ4n) is 4.99. The Hall–Kier alpha value is -0.0301. The van der Waals surface area contributed by atoms with Crippen LogP contribution in [0, 0.1) is 5.92 Å². The molecule has 0 N–H and O–H groups in total. The maximum absolute atomic E-state index is 6.49. The monoisotopic (exact) mass is 406 g/mol. The van der Waals surface area contributed by atoms with E-state index in [0.29, 0.717) is 5.82 Å². The quantitative estimate of drug-likeness (QED) is 0.368. The van der Waals surface area contributed by atoms with E-state index in [1.807, 2.05) is 0 Å². The van der Waals surface area contributed by atoms with Gasteiger partial charge in [-0.25, -0.2) is 0 Å². The molecule has 1 saturated carbocycles. The van der Waals surface area contributed by atoms with E-state index in [-0.39, 0.29) is 36.6 Å². The van der Waals surface area contributed by atoms with Crippen molar-refractivity contribution >= 4 is 14.2 Å². The summed E-state index contributed by atoms with van der Waals surface area (Å²) in [5, 5.41) is 0. The van der Waals surface area contributed by atoms with Gasteiger partial charge in [-0.05, 0) is 73.4 Å². The minimum Gasteiger partial charge on any atom is -0.403 e. The molecule has 0 bridgehead atoms. The molecule has 2 aliphatic heterocycles. The lowest BCUT2D eigenvalue weighted by Gasteiger charge is -2.32. The summed E-state index contributed by atoms with van der Waals surface area (Å²) < 4.78 is 25.3. The molecule has 3 rings (SSSR count). The molecule has 0 aromatic heterocycles. The van der Waals surface area contributed by atoms with E-state index >= 15 is 0 Å². The summed E-state index contributed by atoms with van der Waals surface area (Å²) in [5.74, 6) is 1.23. The van der Waals surface area contributed by atoms with Crippen LogP contribution in [0.4, 0.5) is 0 Å². The molecular weight excluding hydrogens is 362 g/mol. The van der Waals surface area contributed by atoms with Gasteiger partial charge in [-0.1, -0.05) is 51.4 Å². The largest absolute Gasteiger partial charge is 0.461 e. The first-order valence-corrected chi connectivity index (χ1v) is 12.1. The minimum absolute atomic E-state index is 0.0695. The Bertz CT molecular complexity index is 523. The molecule has 0 aromatic carbocycles. The number of hydrogen-bond acceptors (Lipinski definition) is 4. The van der Waals surface area contributed by atoms with E-state index in [0.717, 1.165) is 18.7 Å². The van der Waals surface area contributed by atoms with E-state index in [2.05, 4.69) is 55.4 Å². The van der Waals surface area contributed by atoms with E-state index in [9.17, 15) is 0 Å². The summed E-state index contributed by atoms with van der Waals surface area (Å²) in [4.78, 5) is 0. The minimum atomic E-state index is -0.243. The molecule has 2 heterocycles. The standard InChI is InChI=1S/C23H44B2O4/c1-20(2)21(3,4)27-24(26-20)17-13-12-16-19(18-14-10-9-11-15-18)25-28-22(5,6)23(7,8)29-25/h18-19H,9-17H2,1-8H3. The topological polar surface area (TPSA) is 36.9 Å². The van der Waals surface area contributed by atoms with Gasteiger partial charge in [0.25, 0.3) is 0 Å². The van der Waals surface area contributed by atoms with Crippen molar-refractivity contribution in [3.63, 3.8) is 0 Å². The van der Waals surface area contributed by atoms with Crippen molar-refractivity contribution in [3.05, 3.63) is 0 Å². The van der Waals surface area contributed by atoms with Gasteiger partial charge < -0.3 is 18.6 Å². The van der Waals surface area contributed by atoms with E-state index in [4.69, 9.17) is 18.6 Å². The molecule has 29 heavy (non-hydrogen) atoms. The fraction of sp³-hybridized carbons (Fsp3) is 1.00. The second kappa shape index (κ2) is 8.48. The van der Waals surface area contributed by atoms with Gasteiger partial charge in [-0.2, -0.15) is 0 Å². The van der Waals surface area contributed by atoms with Gasteiger partial charge in [0.1, 0.15) is 0 Å². The molecule has 1 atom stereocenters. The van der Waals surface area contributed by atoms with Crippen LogP contribution >= 0.6 is 0 Å². The summed E-state index contributed by atoms with van der Waals surface area (Å²) in [5.41, 5.74) is -0.948. The zero-order chi connectivity index (χ0) is 21.5. The maximum atomic E-state index is 6.49. The molecular formula is C23H44B2O4. The van der Waals surface area contributed by atoms with Crippen molar-refractivity contribution in [2.45, 2.75) is 141 Å². The second-order valence-corrected chi connectivity index (χ2v) is 11.7. The summed E-state index contributed by atoms with van der Waals surface area (Å²) >= 11 is 0. The van der Waals surface area contributed by atoms with E-state index in [1.54, 1.807) is 0 Å². The highest BCUT2D eigenvalue weighted by Crippen LogP contribution is 2.47. The van der Waals surface area contributed by atoms with E-state index < -0.39 is 0 Å². The Kier molecular flexibility index (Phi) is 6.91. The van der Waals surface area contributed by atoms with Crippen LogP contribution in [-0.4, -0.2) is 36.6 Å². The van der Waals surface area contributed by atoms with Crippen molar-refractivity contribution in [2.75, 3.05) is 0 Å². The summed E-state index contributed by atoms with van der Waals surface area (Å²) in [6, 6.07) is 0. The van der Waals surface area contributed by atoms with Gasteiger partial charge in [-0.15, -0.1) is 0 Å². The normalized spacial score (nSPS) is 29.4. The second-order valence-electron chi connectivity index (χ2n) is 11.7. The lowest BCUT2D eigenvalue weighted by Crippen LogP contribution is -2.41. The lowest BCUT2D eigenvalue weighted by molar-refractivity contribution is 0.00578. The van der Waals surface area contributed by atoms with Crippen LogP contribution in [-0.2, 0) is 18.6 Å². The van der Waals surface area contributed by atoms with Crippen LogP contribution in [0.1, 0.15) is 107 Å². The van der Waals surface area contributed by atoms with Gasteiger partial charge in [0, 0.05) is 0 Å². The molecule has 6 heteroatoms. The van der Waals surface area contributed by atoms with Crippen LogP contribution in [0.25, 0.3) is 0 Å². The molecule has 166 valence electrons. The van der Waals surface area contributed by atoms with E-state index in [1.165, 1.54) is 44.9 Å². The molecule has 0 amide bonds. The van der Waals surface area contributed by atoms with Gasteiger partial charge in [-0.3, -0.25) is 0 Å². The smallest absolute Gasteiger partial charge is 0.403 e. The van der Waals surface area contributed by atoms with Gasteiger partial charge >= 0.3 is 14.2 Å². The molecule has 0 radical (unpaired) electrons. The first-order valence-electron chi connectivity index (χ1n) is 12.1. The number of hydrogen-bond donors (Lipinski definition) is 0. The number of rotatable bonds is 7. The average molecular weight is 406 g/mol. The Morgan fingerprint density at radius 3 is 1.69 bits per heavy atom. The van der Waals surface area contributed by atoms with Crippen LogP contribution < -0.4 is 0 Å². The lowest BCUT2D eigenvalue weighted by atomic mass is 9.59. The van der Waals surface area contributed by atoms with Gasteiger partial charge in [0.2, 0.25) is 0 Å². The predicted molar refractivity (Wildman–Crippen MR) is 121 cm³/mol. The molecule has 2 saturated heterocycles. The van der Waals surface area contributed by atoms with Crippen LogP contribution in [0.2, 0.25) is 12.1 Å². The molecule has 0 aromatic rings. The SMILES string of the molecule is CC1(C)OB(CCCCC(B2OC(C)(C)C(C)(C)O2)C2CCCCC2)OC1(C)C. The Balaban J connectivity index is 1.54. The zero-order valence-electron chi connectivity index (χ0n) is 20.3. The molecule has 0 spiro atoms. The van der Waals surface area contributed by atoms with Gasteiger partial charge in [0.05, 0.1) is 22.4 Å². The Labute approximate surface area is 180 Å². The summed E-state index contributed by atoms with van der Waals surface area (Å²) in [7, 11) is -0.148. The summed E-state index contributed by atoms with van der Waals surface area (Å²) in [6.45, 7) is 17.2. The Morgan fingerprint density at radius 1 is 0.690 bits per heavy atom. The zero-order valence-corrected chi connectivity index (χ0v) is 20.3.